The molecule has 1 aliphatic rings. The van der Waals surface area contributed by atoms with E-state index in [1.165, 1.54) is 12.3 Å². The molecule has 0 spiro atoms. The lowest BCUT2D eigenvalue weighted by Gasteiger charge is -2.39. The minimum atomic E-state index is -0.370. The Hall–Kier alpha value is -2.70. The van der Waals surface area contributed by atoms with Gasteiger partial charge >= 0.3 is 0 Å². The Bertz CT molecular complexity index is 719. The van der Waals surface area contributed by atoms with Crippen molar-refractivity contribution in [2.75, 3.05) is 24.5 Å². The topological polar surface area (TPSA) is 91.0 Å². The summed E-state index contributed by atoms with van der Waals surface area (Å²) in [5, 5.41) is 11.0. The van der Waals surface area contributed by atoms with Gasteiger partial charge in [0.05, 0.1) is 5.69 Å². The number of aromatic nitrogens is 3. The first-order valence-electron chi connectivity index (χ1n) is 7.14. The van der Waals surface area contributed by atoms with Gasteiger partial charge in [0.15, 0.2) is 5.82 Å². The number of hydrogen-bond acceptors (Lipinski definition) is 5. The molecule has 114 valence electrons. The third-order valence-electron chi connectivity index (χ3n) is 3.68. The molecule has 3 heterocycles. The number of amides is 1. The van der Waals surface area contributed by atoms with Gasteiger partial charge < -0.3 is 15.2 Å². The van der Waals surface area contributed by atoms with Gasteiger partial charge in [0, 0.05) is 31.7 Å². The van der Waals surface area contributed by atoms with E-state index in [0.29, 0.717) is 12.5 Å². The number of carbonyl (C=O) groups is 1. The van der Waals surface area contributed by atoms with Crippen molar-refractivity contribution in [3.05, 3.63) is 52.1 Å². The molecule has 0 atom stereocenters. The van der Waals surface area contributed by atoms with Crippen LogP contribution in [0.1, 0.15) is 16.1 Å². The summed E-state index contributed by atoms with van der Waals surface area (Å²) >= 11 is 0. The standard InChI is InChI=1S/C15H17N5O2/c1-10-4-5-13(19-18-10)20-8-11(9-20)7-17-15(22)12-3-2-6-16-14(12)21/h2-6,11H,7-9H2,1H3,(H,16,21)(H,17,22). The second-order valence-corrected chi connectivity index (χ2v) is 5.43. The molecule has 1 amide bonds. The van der Waals surface area contributed by atoms with Crippen molar-refractivity contribution in [3.8, 4) is 0 Å². The first kappa shape index (κ1) is 14.2. The summed E-state index contributed by atoms with van der Waals surface area (Å²) in [6.07, 6.45) is 1.51. The maximum absolute atomic E-state index is 11.9. The van der Waals surface area contributed by atoms with E-state index in [-0.39, 0.29) is 17.0 Å². The van der Waals surface area contributed by atoms with Crippen molar-refractivity contribution < 1.29 is 4.79 Å². The number of aryl methyl sites for hydroxylation is 1. The lowest BCUT2D eigenvalue weighted by molar-refractivity contribution is 0.0943. The lowest BCUT2D eigenvalue weighted by Crippen LogP contribution is -2.52. The van der Waals surface area contributed by atoms with E-state index in [0.717, 1.165) is 24.6 Å². The van der Waals surface area contributed by atoms with Crippen molar-refractivity contribution in [2.24, 2.45) is 5.92 Å². The minimum Gasteiger partial charge on any atom is -0.354 e. The summed E-state index contributed by atoms with van der Waals surface area (Å²) in [7, 11) is 0. The van der Waals surface area contributed by atoms with Crippen LogP contribution in [-0.2, 0) is 0 Å². The molecule has 0 bridgehead atoms. The van der Waals surface area contributed by atoms with Crippen LogP contribution in [0.2, 0.25) is 0 Å². The average molecular weight is 299 g/mol. The van der Waals surface area contributed by atoms with Crippen molar-refractivity contribution in [3.63, 3.8) is 0 Å². The summed E-state index contributed by atoms with van der Waals surface area (Å²) in [5.74, 6) is 0.873. The molecular formula is C15H17N5O2. The third-order valence-corrected chi connectivity index (χ3v) is 3.68. The number of nitrogens with zero attached hydrogens (tertiary/aromatic N) is 3. The summed E-state index contributed by atoms with van der Waals surface area (Å²) in [6, 6.07) is 7.03. The molecule has 0 unspecified atom stereocenters. The molecule has 1 saturated heterocycles. The Labute approximate surface area is 127 Å². The molecule has 0 aromatic carbocycles. The van der Waals surface area contributed by atoms with Gasteiger partial charge in [0.1, 0.15) is 5.56 Å². The smallest absolute Gasteiger partial charge is 0.260 e. The molecule has 7 heteroatoms. The van der Waals surface area contributed by atoms with Gasteiger partial charge in [-0.15, -0.1) is 5.10 Å². The average Bonchev–Trinajstić information content (AvgIpc) is 2.47. The van der Waals surface area contributed by atoms with Gasteiger partial charge in [-0.05, 0) is 31.2 Å². The fourth-order valence-electron chi connectivity index (χ4n) is 2.38. The maximum Gasteiger partial charge on any atom is 0.260 e. The lowest BCUT2D eigenvalue weighted by atomic mass is 10.00. The fraction of sp³-hybridized carbons (Fsp3) is 0.333. The normalized spacial score (nSPS) is 14.5. The van der Waals surface area contributed by atoms with E-state index in [9.17, 15) is 9.59 Å². The number of pyridine rings is 1. The maximum atomic E-state index is 11.9. The molecule has 0 saturated carbocycles. The summed E-state index contributed by atoms with van der Waals surface area (Å²) in [6.45, 7) is 4.09. The highest BCUT2D eigenvalue weighted by Crippen LogP contribution is 2.21. The van der Waals surface area contributed by atoms with Crippen molar-refractivity contribution in [1.82, 2.24) is 20.5 Å². The monoisotopic (exact) mass is 299 g/mol. The van der Waals surface area contributed by atoms with Gasteiger partial charge in [0.25, 0.3) is 11.5 Å². The van der Waals surface area contributed by atoms with Crippen LogP contribution in [0.4, 0.5) is 5.82 Å². The van der Waals surface area contributed by atoms with Gasteiger partial charge in [0.2, 0.25) is 0 Å². The Morgan fingerprint density at radius 2 is 2.18 bits per heavy atom. The van der Waals surface area contributed by atoms with Crippen LogP contribution < -0.4 is 15.8 Å². The van der Waals surface area contributed by atoms with Crippen LogP contribution in [0.25, 0.3) is 0 Å². The molecule has 7 nitrogen and oxygen atoms in total. The van der Waals surface area contributed by atoms with Gasteiger partial charge in [-0.1, -0.05) is 0 Å². The number of nitrogens with one attached hydrogen (secondary N) is 2. The van der Waals surface area contributed by atoms with E-state index in [1.54, 1.807) is 6.07 Å². The summed E-state index contributed by atoms with van der Waals surface area (Å²) in [4.78, 5) is 28.0. The molecular weight excluding hydrogens is 282 g/mol. The Morgan fingerprint density at radius 3 is 2.86 bits per heavy atom. The Kier molecular flexibility index (Phi) is 3.86. The molecule has 3 rings (SSSR count). The van der Waals surface area contributed by atoms with E-state index in [2.05, 4.69) is 25.4 Å². The van der Waals surface area contributed by atoms with Crippen LogP contribution >= 0.6 is 0 Å². The fourth-order valence-corrected chi connectivity index (χ4v) is 2.38. The second-order valence-electron chi connectivity index (χ2n) is 5.43. The highest BCUT2D eigenvalue weighted by Gasteiger charge is 2.28. The summed E-state index contributed by atoms with van der Waals surface area (Å²) in [5.41, 5.74) is 0.661. The van der Waals surface area contributed by atoms with Gasteiger partial charge in [-0.3, -0.25) is 9.59 Å². The van der Waals surface area contributed by atoms with E-state index >= 15 is 0 Å². The number of rotatable bonds is 4. The minimum absolute atomic E-state index is 0.142. The zero-order valence-electron chi connectivity index (χ0n) is 12.2. The highest BCUT2D eigenvalue weighted by atomic mass is 16.2. The molecule has 1 aliphatic heterocycles. The molecule has 2 aromatic rings. The number of hydrogen-bond donors (Lipinski definition) is 2. The van der Waals surface area contributed by atoms with E-state index in [4.69, 9.17) is 0 Å². The predicted molar refractivity (Wildman–Crippen MR) is 81.9 cm³/mol. The number of anilines is 1. The SMILES string of the molecule is Cc1ccc(N2CC(CNC(=O)c3ccc[nH]c3=O)C2)nn1. The Balaban J connectivity index is 1.49. The second kappa shape index (κ2) is 5.97. The van der Waals surface area contributed by atoms with Crippen LogP contribution in [0.3, 0.4) is 0 Å². The van der Waals surface area contributed by atoms with Crippen molar-refractivity contribution >= 4 is 11.7 Å². The predicted octanol–water partition coefficient (Wildman–Crippen LogP) is 0.340. The molecule has 1 fully saturated rings. The zero-order chi connectivity index (χ0) is 15.5. The van der Waals surface area contributed by atoms with Gasteiger partial charge in [-0.25, -0.2) is 0 Å². The number of aromatic amines is 1. The van der Waals surface area contributed by atoms with Crippen LogP contribution in [-0.4, -0.2) is 40.7 Å². The third kappa shape index (κ3) is 2.98. The highest BCUT2D eigenvalue weighted by molar-refractivity contribution is 5.93. The van der Waals surface area contributed by atoms with Crippen molar-refractivity contribution in [1.29, 1.82) is 0 Å². The van der Waals surface area contributed by atoms with E-state index in [1.807, 2.05) is 19.1 Å². The largest absolute Gasteiger partial charge is 0.354 e. The molecule has 2 N–H and O–H groups in total. The van der Waals surface area contributed by atoms with Crippen LogP contribution in [0.5, 0.6) is 0 Å². The molecule has 0 radical (unpaired) electrons. The summed E-state index contributed by atoms with van der Waals surface area (Å²) < 4.78 is 0. The van der Waals surface area contributed by atoms with Gasteiger partial charge in [-0.2, -0.15) is 5.10 Å². The first-order valence-corrected chi connectivity index (χ1v) is 7.14. The van der Waals surface area contributed by atoms with Crippen LogP contribution in [0.15, 0.2) is 35.3 Å². The molecule has 0 aliphatic carbocycles. The number of H-pyrrole nitrogens is 1. The molecule has 2 aromatic heterocycles. The molecule has 22 heavy (non-hydrogen) atoms. The zero-order valence-corrected chi connectivity index (χ0v) is 12.2. The van der Waals surface area contributed by atoms with Crippen LogP contribution in [0, 0.1) is 12.8 Å². The number of carbonyl (C=O) groups excluding carboxylic acids is 1. The quantitative estimate of drug-likeness (QED) is 0.849. The van der Waals surface area contributed by atoms with E-state index < -0.39 is 0 Å². The Morgan fingerprint density at radius 1 is 1.36 bits per heavy atom. The van der Waals surface area contributed by atoms with Crippen molar-refractivity contribution in [2.45, 2.75) is 6.92 Å². The first-order chi connectivity index (χ1) is 10.6.